The van der Waals surface area contributed by atoms with Gasteiger partial charge in [0.05, 0.1) is 18.2 Å². The van der Waals surface area contributed by atoms with Crippen LogP contribution in [0, 0.1) is 11.3 Å². The molecule has 2 N–H and O–H groups in total. The minimum absolute atomic E-state index is 0.118. The van der Waals surface area contributed by atoms with E-state index in [1.807, 2.05) is 6.07 Å². The van der Waals surface area contributed by atoms with Crippen molar-refractivity contribution in [1.82, 2.24) is 5.32 Å². The molecule has 0 heterocycles. The Bertz CT molecular complexity index is 655. The Labute approximate surface area is 141 Å². The van der Waals surface area contributed by atoms with Crippen molar-refractivity contribution in [1.29, 1.82) is 5.26 Å². The van der Waals surface area contributed by atoms with Crippen LogP contribution < -0.4 is 10.6 Å². The fourth-order valence-electron chi connectivity index (χ4n) is 1.81. The Kier molecular flexibility index (Phi) is 6.76. The molecule has 0 saturated heterocycles. The first kappa shape index (κ1) is 20.2. The zero-order chi connectivity index (χ0) is 19.1. The molecule has 0 unspecified atom stereocenters. The first-order valence-electron chi connectivity index (χ1n) is 7.17. The number of nitrogens with zero attached hydrogens (tertiary/aromatic N) is 1. The van der Waals surface area contributed by atoms with Crippen molar-refractivity contribution < 1.29 is 32.2 Å². The molecule has 1 aromatic rings. The van der Waals surface area contributed by atoms with Crippen LogP contribution in [0.15, 0.2) is 24.3 Å². The molecular formula is C15H16F3N3O4. The maximum Gasteiger partial charge on any atom is 0.448 e. The lowest BCUT2D eigenvalue weighted by atomic mass is 10.2. The van der Waals surface area contributed by atoms with Crippen LogP contribution in [-0.4, -0.2) is 37.1 Å². The van der Waals surface area contributed by atoms with Crippen LogP contribution in [0.4, 0.5) is 23.7 Å². The zero-order valence-corrected chi connectivity index (χ0v) is 13.4. The zero-order valence-electron chi connectivity index (χ0n) is 13.4. The quantitative estimate of drug-likeness (QED) is 0.600. The molecule has 25 heavy (non-hydrogen) atoms. The Morgan fingerprint density at radius 2 is 1.76 bits per heavy atom. The van der Waals surface area contributed by atoms with Gasteiger partial charge in [-0.15, -0.1) is 0 Å². The third-order valence-corrected chi connectivity index (χ3v) is 2.88. The lowest BCUT2D eigenvalue weighted by Gasteiger charge is -2.33. The summed E-state index contributed by atoms with van der Waals surface area (Å²) in [6, 6.07) is 5.88. The van der Waals surface area contributed by atoms with Crippen molar-refractivity contribution >= 4 is 17.7 Å². The molecule has 2 amide bonds. The normalized spacial score (nSPS) is 13.3. The molecule has 136 valence electrons. The molecule has 1 atom stereocenters. The number of nitrogens with one attached hydrogen (secondary N) is 2. The molecule has 0 saturated carbocycles. The predicted molar refractivity (Wildman–Crippen MR) is 80.4 cm³/mol. The Hall–Kier alpha value is -2.80. The summed E-state index contributed by atoms with van der Waals surface area (Å²) in [6.07, 6.45) is -5.25. The Balaban J connectivity index is 3.04. The molecule has 0 bridgehead atoms. The summed E-state index contributed by atoms with van der Waals surface area (Å²) < 4.78 is 49.2. The molecule has 0 aromatic heterocycles. The number of nitriles is 1. The molecule has 0 aliphatic rings. The van der Waals surface area contributed by atoms with Crippen LogP contribution in [0.25, 0.3) is 0 Å². The second-order valence-corrected chi connectivity index (χ2v) is 4.60. The third-order valence-electron chi connectivity index (χ3n) is 2.88. The van der Waals surface area contributed by atoms with Gasteiger partial charge < -0.3 is 14.8 Å². The lowest BCUT2D eigenvalue weighted by molar-refractivity contribution is -0.282. The number of rotatable bonds is 6. The fraction of sp³-hybridized carbons (Fsp3) is 0.400. The summed E-state index contributed by atoms with van der Waals surface area (Å²) in [5.74, 6) is -1.78. The van der Waals surface area contributed by atoms with E-state index in [1.165, 1.54) is 43.4 Å². The minimum atomic E-state index is -5.25. The van der Waals surface area contributed by atoms with Gasteiger partial charge in [0.25, 0.3) is 0 Å². The molecule has 1 rings (SSSR count). The van der Waals surface area contributed by atoms with E-state index in [0.717, 1.165) is 0 Å². The van der Waals surface area contributed by atoms with E-state index >= 15 is 0 Å². The van der Waals surface area contributed by atoms with Gasteiger partial charge in [-0.1, -0.05) is 0 Å². The highest BCUT2D eigenvalue weighted by Gasteiger charge is 2.64. The number of alkyl halides is 3. The van der Waals surface area contributed by atoms with E-state index in [-0.39, 0.29) is 12.3 Å². The second kappa shape index (κ2) is 8.34. The lowest BCUT2D eigenvalue weighted by Crippen LogP contribution is -2.67. The van der Waals surface area contributed by atoms with E-state index in [9.17, 15) is 22.8 Å². The van der Waals surface area contributed by atoms with Gasteiger partial charge in [0, 0.05) is 12.3 Å². The number of ether oxygens (including phenoxy) is 2. The first-order valence-corrected chi connectivity index (χ1v) is 7.17. The maximum atomic E-state index is 13.4. The number of hydrogen-bond donors (Lipinski definition) is 2. The van der Waals surface area contributed by atoms with Crippen molar-refractivity contribution in [2.24, 2.45) is 0 Å². The summed E-state index contributed by atoms with van der Waals surface area (Å²) >= 11 is 0. The number of hydrogen-bond acceptors (Lipinski definition) is 5. The number of amides is 2. The largest absolute Gasteiger partial charge is 0.462 e. The number of carbonyl (C=O) groups excluding carboxylic acids is 2. The van der Waals surface area contributed by atoms with Gasteiger partial charge in [0.15, 0.2) is 0 Å². The van der Waals surface area contributed by atoms with Crippen molar-refractivity contribution in [2.45, 2.75) is 25.7 Å². The maximum absolute atomic E-state index is 13.4. The average molecular weight is 359 g/mol. The van der Waals surface area contributed by atoms with Gasteiger partial charge in [-0.25, -0.2) is 9.59 Å². The summed E-state index contributed by atoms with van der Waals surface area (Å²) in [4.78, 5) is 23.8. The second-order valence-electron chi connectivity index (χ2n) is 4.60. The highest BCUT2D eigenvalue weighted by molar-refractivity contribution is 5.94. The molecule has 7 nitrogen and oxygen atoms in total. The highest BCUT2D eigenvalue weighted by Crippen LogP contribution is 2.33. The molecule has 0 fully saturated rings. The monoisotopic (exact) mass is 359 g/mol. The standard InChI is InChI=1S/C15H16F3N3O4/c1-3-24-12(22)14(25-4-2,15(16,17)18)21-13(23)20-11-7-5-10(9-19)6-8-11/h5-8H,3-4H2,1-2H3,(H2,20,21,23)/t14-/m0/s1. The number of benzene rings is 1. The van der Waals surface area contributed by atoms with Crippen molar-refractivity contribution in [3.8, 4) is 6.07 Å². The molecule has 0 aliphatic heterocycles. The van der Waals surface area contributed by atoms with E-state index < -0.39 is 30.5 Å². The highest BCUT2D eigenvalue weighted by atomic mass is 19.4. The fourth-order valence-corrected chi connectivity index (χ4v) is 1.81. The van der Waals surface area contributed by atoms with Crippen LogP contribution >= 0.6 is 0 Å². The van der Waals surface area contributed by atoms with Gasteiger partial charge in [-0.05, 0) is 38.1 Å². The summed E-state index contributed by atoms with van der Waals surface area (Å²) in [6.45, 7) is 1.72. The molecule has 0 spiro atoms. The number of carbonyl (C=O) groups is 2. The van der Waals surface area contributed by atoms with Crippen LogP contribution in [0.3, 0.4) is 0 Å². The number of anilines is 1. The smallest absolute Gasteiger partial charge is 0.448 e. The van der Waals surface area contributed by atoms with Crippen molar-refractivity contribution in [2.75, 3.05) is 18.5 Å². The van der Waals surface area contributed by atoms with Gasteiger partial charge in [-0.2, -0.15) is 18.4 Å². The topological polar surface area (TPSA) is 100 Å². The predicted octanol–water partition coefficient (Wildman–Crippen LogP) is 2.54. The summed E-state index contributed by atoms with van der Waals surface area (Å²) in [7, 11) is 0. The van der Waals surface area contributed by atoms with E-state index in [1.54, 1.807) is 0 Å². The third kappa shape index (κ3) is 4.84. The van der Waals surface area contributed by atoms with Crippen molar-refractivity contribution in [3.05, 3.63) is 29.8 Å². The summed E-state index contributed by atoms with van der Waals surface area (Å²) in [5.41, 5.74) is -3.21. The van der Waals surface area contributed by atoms with Gasteiger partial charge >= 0.3 is 23.9 Å². The molecule has 0 radical (unpaired) electrons. The molecule has 0 aliphatic carbocycles. The number of halogens is 3. The Morgan fingerprint density at radius 1 is 1.16 bits per heavy atom. The first-order chi connectivity index (χ1) is 11.7. The minimum Gasteiger partial charge on any atom is -0.462 e. The Morgan fingerprint density at radius 3 is 2.20 bits per heavy atom. The summed E-state index contributed by atoms with van der Waals surface area (Å²) in [5, 5.41) is 12.3. The van der Waals surface area contributed by atoms with Crippen LogP contribution in [-0.2, 0) is 14.3 Å². The SMILES string of the molecule is CCOC(=O)[C@](NC(=O)Nc1ccc(C#N)cc1)(OCC)C(F)(F)F. The molecule has 1 aromatic carbocycles. The van der Waals surface area contributed by atoms with E-state index in [0.29, 0.717) is 5.56 Å². The molecule has 10 heteroatoms. The van der Waals surface area contributed by atoms with Gasteiger partial charge in [0.1, 0.15) is 0 Å². The number of esters is 1. The van der Waals surface area contributed by atoms with Crippen molar-refractivity contribution in [3.63, 3.8) is 0 Å². The van der Waals surface area contributed by atoms with Crippen LogP contribution in [0.1, 0.15) is 19.4 Å². The van der Waals surface area contributed by atoms with Crippen LogP contribution in [0.5, 0.6) is 0 Å². The van der Waals surface area contributed by atoms with E-state index in [2.05, 4.69) is 14.8 Å². The average Bonchev–Trinajstić information content (AvgIpc) is 2.54. The van der Waals surface area contributed by atoms with Crippen LogP contribution in [0.2, 0.25) is 0 Å². The van der Waals surface area contributed by atoms with E-state index in [4.69, 9.17) is 5.26 Å². The number of urea groups is 1. The van der Waals surface area contributed by atoms with Gasteiger partial charge in [0.2, 0.25) is 0 Å². The molecular weight excluding hydrogens is 343 g/mol. The van der Waals surface area contributed by atoms with Gasteiger partial charge in [-0.3, -0.25) is 5.32 Å².